The molecule has 10 N–H and O–H groups in total. The summed E-state index contributed by atoms with van der Waals surface area (Å²) in [6.07, 6.45) is -6.10. The molecule has 3 amide bonds. The first kappa shape index (κ1) is 57.7. The van der Waals surface area contributed by atoms with E-state index in [0.29, 0.717) is 36.6 Å². The molecule has 392 valence electrons. The fourth-order valence-corrected chi connectivity index (χ4v) is 9.57. The van der Waals surface area contributed by atoms with Gasteiger partial charge in [-0.1, -0.05) is 54.0 Å². The number of nitrogens with two attached hydrogens (primary N) is 1. The minimum absolute atomic E-state index is 0.00839. The van der Waals surface area contributed by atoms with E-state index >= 15 is 0 Å². The van der Waals surface area contributed by atoms with Crippen molar-refractivity contribution in [2.75, 3.05) is 83.2 Å². The highest BCUT2D eigenvalue weighted by Crippen LogP contribution is 2.66. The topological polar surface area (TPSA) is 386 Å². The lowest BCUT2D eigenvalue weighted by Crippen LogP contribution is -2.36. The summed E-state index contributed by atoms with van der Waals surface area (Å²) in [6.45, 7) is 1.30. The Hall–Kier alpha value is -5.22. The molecule has 30 heteroatoms. The monoisotopic (exact) mass is 1070 g/mol. The Morgan fingerprint density at radius 2 is 1.39 bits per heavy atom. The van der Waals surface area contributed by atoms with Crippen LogP contribution in [-0.2, 0) is 71.5 Å². The van der Waals surface area contributed by atoms with E-state index in [2.05, 4.69) is 52.4 Å². The maximum Gasteiger partial charge on any atom is 0.490 e. The van der Waals surface area contributed by atoms with Crippen molar-refractivity contribution in [3.63, 3.8) is 0 Å². The van der Waals surface area contributed by atoms with Crippen molar-refractivity contribution < 1.29 is 94.7 Å². The zero-order chi connectivity index (χ0) is 52.3. The number of rotatable bonds is 27. The number of nitrogen functional groups attached to an aromatic ring is 1. The Morgan fingerprint density at radius 1 is 0.778 bits per heavy atom. The molecule has 3 heterocycles. The number of carbonyl (C=O) groups is 3. The number of para-hydroxylation sites is 1. The predicted octanol–water partition coefficient (Wildman–Crippen LogP) is -0.445. The van der Waals surface area contributed by atoms with Crippen molar-refractivity contribution in [3.05, 3.63) is 87.5 Å². The van der Waals surface area contributed by atoms with Gasteiger partial charge in [0.2, 0.25) is 17.7 Å². The third-order valence-corrected chi connectivity index (χ3v) is 13.7. The number of nitrogens with zero attached hydrogens (tertiary/aromatic N) is 3. The Kier molecular flexibility index (Phi) is 22.2. The second kappa shape index (κ2) is 27.7. The fraction of sp³-hybridized carbons (Fsp3) is 0.452. The number of carbonyl (C=O) groups excluding carboxylic acids is 3. The summed E-state index contributed by atoms with van der Waals surface area (Å²) in [5, 5.41) is 26.3. The molecular weight excluding hydrogens is 1020 g/mol. The summed E-state index contributed by atoms with van der Waals surface area (Å²) in [6, 6.07) is 15.1. The summed E-state index contributed by atoms with van der Waals surface area (Å²) >= 11 is 0. The van der Waals surface area contributed by atoms with E-state index < -0.39 is 66.2 Å². The summed E-state index contributed by atoms with van der Waals surface area (Å²) in [5.74, 6) is 10.4. The van der Waals surface area contributed by atoms with Gasteiger partial charge in [0.1, 0.15) is 24.1 Å². The fourth-order valence-electron chi connectivity index (χ4n) is 6.54. The number of aliphatic hydroxyl groups is 2. The van der Waals surface area contributed by atoms with E-state index in [-0.39, 0.29) is 88.6 Å². The number of amides is 3. The minimum Gasteiger partial charge on any atom is -0.387 e. The molecule has 1 aromatic heterocycles. The van der Waals surface area contributed by atoms with Crippen LogP contribution in [0.1, 0.15) is 47.7 Å². The van der Waals surface area contributed by atoms with Crippen LogP contribution in [0.4, 0.5) is 11.5 Å². The van der Waals surface area contributed by atoms with Crippen LogP contribution in [0.3, 0.4) is 0 Å². The number of ether oxygens (including phenoxy) is 5. The van der Waals surface area contributed by atoms with Crippen LogP contribution in [-0.4, -0.2) is 148 Å². The van der Waals surface area contributed by atoms with Crippen molar-refractivity contribution in [1.82, 2.24) is 20.2 Å². The molecule has 27 nitrogen and oxygen atoms in total. The predicted molar refractivity (Wildman–Crippen MR) is 249 cm³/mol. The molecule has 0 saturated carbocycles. The molecule has 0 aliphatic carbocycles. The average Bonchev–Trinajstić information content (AvgIpc) is 3.59. The zero-order valence-electron chi connectivity index (χ0n) is 38.2. The lowest BCUT2D eigenvalue weighted by Gasteiger charge is -2.26. The van der Waals surface area contributed by atoms with Crippen molar-refractivity contribution in [1.29, 1.82) is 0 Å². The molecule has 3 aromatic rings. The van der Waals surface area contributed by atoms with E-state index in [1.165, 1.54) is 0 Å². The van der Waals surface area contributed by atoms with Gasteiger partial charge < -0.3 is 74.7 Å². The second-order valence-corrected chi connectivity index (χ2v) is 19.6. The third kappa shape index (κ3) is 19.0. The summed E-state index contributed by atoms with van der Waals surface area (Å²) in [4.78, 5) is 92.2. The molecule has 2 aliphatic heterocycles. The van der Waals surface area contributed by atoms with Crippen LogP contribution in [0.2, 0.25) is 0 Å². The average molecular weight is 1070 g/mol. The van der Waals surface area contributed by atoms with Gasteiger partial charge in [-0.25, -0.2) is 18.5 Å². The van der Waals surface area contributed by atoms with Crippen molar-refractivity contribution in [2.24, 2.45) is 0 Å². The van der Waals surface area contributed by atoms with Gasteiger partial charge in [-0.2, -0.15) is 13.6 Å². The normalized spacial score (nSPS) is 18.9. The number of benzene rings is 2. The maximum atomic E-state index is 13.3. The number of nitrogens with one attached hydrogen (secondary N) is 2. The molecule has 0 radical (unpaired) electrons. The lowest BCUT2D eigenvalue weighted by molar-refractivity contribution is -0.125. The highest BCUT2D eigenvalue weighted by atomic mass is 31.3. The summed E-state index contributed by atoms with van der Waals surface area (Å²) in [7, 11) is -17.1. The molecule has 5 rings (SSSR count). The number of hydrogen-bond acceptors (Lipinski definition) is 19. The van der Waals surface area contributed by atoms with Gasteiger partial charge in [-0.3, -0.25) is 23.5 Å². The number of hydrogen-bond donors (Lipinski definition) is 9. The Bertz CT molecular complexity index is 2700. The quantitative estimate of drug-likeness (QED) is 0.0265. The number of phosphoric acid groups is 3. The number of aromatic nitrogens is 2. The van der Waals surface area contributed by atoms with Crippen LogP contribution in [0.5, 0.6) is 0 Å². The molecule has 6 atom stereocenters. The first-order valence-electron chi connectivity index (χ1n) is 21.7. The lowest BCUT2D eigenvalue weighted by atomic mass is 10.0. The number of aliphatic hydroxyl groups excluding tert-OH is 2. The van der Waals surface area contributed by atoms with Gasteiger partial charge in [0.25, 0.3) is 0 Å². The Balaban J connectivity index is 0.871. The van der Waals surface area contributed by atoms with Crippen LogP contribution in [0.15, 0.2) is 59.5 Å². The van der Waals surface area contributed by atoms with Gasteiger partial charge in [0.15, 0.2) is 6.23 Å². The van der Waals surface area contributed by atoms with Gasteiger partial charge in [0.05, 0.1) is 83.8 Å². The van der Waals surface area contributed by atoms with Crippen LogP contribution in [0.25, 0.3) is 0 Å². The van der Waals surface area contributed by atoms with Crippen LogP contribution < -0.4 is 27.0 Å². The largest absolute Gasteiger partial charge is 0.490 e. The highest BCUT2D eigenvalue weighted by molar-refractivity contribution is 7.66. The van der Waals surface area contributed by atoms with E-state index in [1.807, 2.05) is 48.5 Å². The molecule has 2 aromatic carbocycles. The smallest absolute Gasteiger partial charge is 0.387 e. The summed E-state index contributed by atoms with van der Waals surface area (Å²) in [5.41, 5.74) is 7.90. The highest BCUT2D eigenvalue weighted by Gasteiger charge is 2.47. The third-order valence-electron chi connectivity index (χ3n) is 9.90. The van der Waals surface area contributed by atoms with Crippen LogP contribution in [0, 0.1) is 23.7 Å². The number of anilines is 2. The van der Waals surface area contributed by atoms with Crippen molar-refractivity contribution >= 4 is 52.7 Å². The standard InChI is InChI=1S/C42H53N6O21P3/c43-40-32(27-48(42(54)46-40)41-39(53)38(52)34(67-41)28-66-71(58,59)69-72(60,61)68-70(55,56)57)9-5-16-44-36(50)15-18-62-20-22-64-24-25-65-23-21-63-19-17-45-35(49)13-14-37(51)47-26-31-8-2-1-6-29(31)11-12-30-7-3-4-10-33(30)47/h1-4,6-8,10,27,34,38-39,41,52-53H,13-26,28H2,(H,44,50)(H,45,49)(H,58,59)(H,60,61)(H2,43,46,54)(H2,55,56,57)/t34-,38-,39-,41-/m1/s1. The Morgan fingerprint density at radius 3 is 2.08 bits per heavy atom. The van der Waals surface area contributed by atoms with Gasteiger partial charge >= 0.3 is 29.2 Å². The molecule has 72 heavy (non-hydrogen) atoms. The first-order chi connectivity index (χ1) is 34.2. The van der Waals surface area contributed by atoms with Crippen LogP contribution >= 0.6 is 23.5 Å². The van der Waals surface area contributed by atoms with Gasteiger partial charge in [0, 0.05) is 43.1 Å². The minimum atomic E-state index is -5.83. The van der Waals surface area contributed by atoms with Gasteiger partial charge in [-0.15, -0.1) is 0 Å². The van der Waals surface area contributed by atoms with E-state index in [9.17, 15) is 52.9 Å². The summed E-state index contributed by atoms with van der Waals surface area (Å²) < 4.78 is 74.0. The second-order valence-electron chi connectivity index (χ2n) is 15.2. The maximum absolute atomic E-state index is 13.3. The van der Waals surface area contributed by atoms with E-state index in [0.717, 1.165) is 22.9 Å². The molecular formula is C42H53N6O21P3. The molecule has 2 unspecified atom stereocenters. The van der Waals surface area contributed by atoms with Gasteiger partial charge in [-0.05, 0) is 23.8 Å². The molecule has 1 saturated heterocycles. The number of fused-ring (bicyclic) bond motifs is 2. The Labute approximate surface area is 411 Å². The van der Waals surface area contributed by atoms with Crippen molar-refractivity contribution in [2.45, 2.75) is 50.3 Å². The number of phosphoric ester groups is 1. The first-order valence-corrected chi connectivity index (χ1v) is 26.2. The molecule has 0 bridgehead atoms. The molecule has 2 aliphatic rings. The van der Waals surface area contributed by atoms with E-state index in [1.54, 1.807) is 4.90 Å². The molecule has 1 fully saturated rings. The zero-order valence-corrected chi connectivity index (χ0v) is 40.9. The van der Waals surface area contributed by atoms with E-state index in [4.69, 9.17) is 39.2 Å². The van der Waals surface area contributed by atoms with Crippen molar-refractivity contribution in [3.8, 4) is 23.7 Å². The molecule has 0 spiro atoms. The SMILES string of the molecule is Nc1nc(=O)n([C@@H]2O[C@H](COP(=O)(O)OP(=O)(O)OP(=O)(O)O)[C@@H](O)[C@H]2O)cc1C#CCNC(=O)CCOCCOCCOCCOCCNC(=O)CCC(=O)N1Cc2ccccc2C#Cc2ccccc21.